The Balaban J connectivity index is 2.92. The Morgan fingerprint density at radius 1 is 1.17 bits per heavy atom. The standard InChI is InChI=1S/C17H33N3O3/c1-11(2)20(16(22)23-17(4,5)6)14-10-8-7-9-13(14)19-15(21)12(3)18/h11-14H,7-10,18H2,1-6H3,(H,19,21). The molecule has 0 spiro atoms. The molecule has 0 radical (unpaired) electrons. The number of ether oxygens (including phenoxy) is 1. The summed E-state index contributed by atoms with van der Waals surface area (Å²) in [4.78, 5) is 26.4. The predicted octanol–water partition coefficient (Wildman–Crippen LogP) is 2.41. The average Bonchev–Trinajstić information content (AvgIpc) is 2.38. The molecular formula is C17H33N3O3. The van der Waals surface area contributed by atoms with Gasteiger partial charge >= 0.3 is 6.09 Å². The molecule has 1 rings (SSSR count). The fraction of sp³-hybridized carbons (Fsp3) is 0.882. The number of hydrogen-bond acceptors (Lipinski definition) is 4. The van der Waals surface area contributed by atoms with E-state index in [-0.39, 0.29) is 30.1 Å². The fourth-order valence-electron chi connectivity index (χ4n) is 2.97. The lowest BCUT2D eigenvalue weighted by atomic mass is 9.88. The van der Waals surface area contributed by atoms with Gasteiger partial charge in [-0.25, -0.2) is 4.79 Å². The number of nitrogens with zero attached hydrogens (tertiary/aromatic N) is 1. The molecule has 1 aliphatic carbocycles. The Bertz CT molecular complexity index is 416. The minimum atomic E-state index is -0.549. The lowest BCUT2D eigenvalue weighted by Gasteiger charge is -2.42. The summed E-state index contributed by atoms with van der Waals surface area (Å²) in [7, 11) is 0. The van der Waals surface area contributed by atoms with E-state index in [9.17, 15) is 9.59 Å². The van der Waals surface area contributed by atoms with Crippen LogP contribution < -0.4 is 11.1 Å². The fourth-order valence-corrected chi connectivity index (χ4v) is 2.97. The zero-order valence-electron chi connectivity index (χ0n) is 15.4. The molecule has 2 amide bonds. The largest absolute Gasteiger partial charge is 0.444 e. The van der Waals surface area contributed by atoms with Gasteiger partial charge in [0.25, 0.3) is 0 Å². The van der Waals surface area contributed by atoms with E-state index in [1.54, 1.807) is 11.8 Å². The lowest BCUT2D eigenvalue weighted by molar-refractivity contribution is -0.123. The SMILES string of the molecule is CC(N)C(=O)NC1CCCCC1N(C(=O)OC(C)(C)C)C(C)C. The first-order valence-electron chi connectivity index (χ1n) is 8.60. The van der Waals surface area contributed by atoms with Gasteiger partial charge in [0.05, 0.1) is 12.1 Å². The number of carbonyl (C=O) groups excluding carboxylic acids is 2. The van der Waals surface area contributed by atoms with Crippen LogP contribution in [0, 0.1) is 0 Å². The van der Waals surface area contributed by atoms with Crippen molar-refractivity contribution >= 4 is 12.0 Å². The molecule has 0 aliphatic heterocycles. The van der Waals surface area contributed by atoms with Gasteiger partial charge < -0.3 is 20.7 Å². The maximum absolute atomic E-state index is 12.6. The number of amides is 2. The highest BCUT2D eigenvalue weighted by molar-refractivity contribution is 5.81. The number of nitrogens with one attached hydrogen (secondary N) is 1. The van der Waals surface area contributed by atoms with Crippen molar-refractivity contribution in [2.75, 3.05) is 0 Å². The first-order chi connectivity index (χ1) is 10.5. The van der Waals surface area contributed by atoms with Crippen LogP contribution in [-0.4, -0.2) is 46.7 Å². The van der Waals surface area contributed by atoms with Crippen LogP contribution in [0.1, 0.15) is 67.2 Å². The summed E-state index contributed by atoms with van der Waals surface area (Å²) in [5, 5.41) is 3.01. The normalized spacial score (nSPS) is 23.3. The molecule has 3 N–H and O–H groups in total. The van der Waals surface area contributed by atoms with Crippen LogP contribution in [0.25, 0.3) is 0 Å². The third-order valence-electron chi connectivity index (χ3n) is 3.99. The second-order valence-electron chi connectivity index (χ2n) is 7.74. The monoisotopic (exact) mass is 327 g/mol. The molecule has 0 bridgehead atoms. The van der Waals surface area contributed by atoms with Gasteiger partial charge in [-0.3, -0.25) is 4.79 Å². The zero-order chi connectivity index (χ0) is 17.8. The van der Waals surface area contributed by atoms with Crippen molar-refractivity contribution in [3.05, 3.63) is 0 Å². The van der Waals surface area contributed by atoms with Crippen molar-refractivity contribution < 1.29 is 14.3 Å². The van der Waals surface area contributed by atoms with Gasteiger partial charge in [-0.1, -0.05) is 12.8 Å². The third kappa shape index (κ3) is 6.01. The van der Waals surface area contributed by atoms with Crippen molar-refractivity contribution in [2.45, 2.75) is 97.0 Å². The summed E-state index contributed by atoms with van der Waals surface area (Å²) >= 11 is 0. The molecule has 1 saturated carbocycles. The molecule has 0 aromatic rings. The Labute approximate surface area is 140 Å². The van der Waals surface area contributed by atoms with E-state index >= 15 is 0 Å². The van der Waals surface area contributed by atoms with E-state index in [4.69, 9.17) is 10.5 Å². The summed E-state index contributed by atoms with van der Waals surface area (Å²) in [6.07, 6.45) is 3.48. The van der Waals surface area contributed by atoms with E-state index in [0.29, 0.717) is 0 Å². The van der Waals surface area contributed by atoms with Gasteiger partial charge in [0.1, 0.15) is 5.60 Å². The highest BCUT2D eigenvalue weighted by Gasteiger charge is 2.37. The van der Waals surface area contributed by atoms with Gasteiger partial charge in [0.15, 0.2) is 0 Å². The molecule has 6 nitrogen and oxygen atoms in total. The topological polar surface area (TPSA) is 84.7 Å². The summed E-state index contributed by atoms with van der Waals surface area (Å²) < 4.78 is 5.56. The first kappa shape index (κ1) is 19.7. The molecule has 23 heavy (non-hydrogen) atoms. The van der Waals surface area contributed by atoms with E-state index < -0.39 is 11.6 Å². The molecule has 3 unspecified atom stereocenters. The highest BCUT2D eigenvalue weighted by Crippen LogP contribution is 2.26. The number of rotatable bonds is 4. The van der Waals surface area contributed by atoms with Crippen LogP contribution >= 0.6 is 0 Å². The smallest absolute Gasteiger partial charge is 0.410 e. The molecule has 134 valence electrons. The van der Waals surface area contributed by atoms with Gasteiger partial charge in [0, 0.05) is 12.1 Å². The van der Waals surface area contributed by atoms with Gasteiger partial charge in [-0.2, -0.15) is 0 Å². The molecule has 1 aliphatic rings. The van der Waals surface area contributed by atoms with Crippen LogP contribution in [0.15, 0.2) is 0 Å². The number of nitrogens with two attached hydrogens (primary N) is 1. The Kier molecular flexibility index (Phi) is 6.86. The zero-order valence-corrected chi connectivity index (χ0v) is 15.4. The van der Waals surface area contributed by atoms with E-state index in [2.05, 4.69) is 5.32 Å². The van der Waals surface area contributed by atoms with Gasteiger partial charge in [-0.15, -0.1) is 0 Å². The summed E-state index contributed by atoms with van der Waals surface area (Å²) in [5.41, 5.74) is 5.12. The predicted molar refractivity (Wildman–Crippen MR) is 91.0 cm³/mol. The Morgan fingerprint density at radius 3 is 2.22 bits per heavy atom. The highest BCUT2D eigenvalue weighted by atomic mass is 16.6. The molecule has 0 aromatic carbocycles. The minimum Gasteiger partial charge on any atom is -0.444 e. The van der Waals surface area contributed by atoms with E-state index in [1.807, 2.05) is 34.6 Å². The van der Waals surface area contributed by atoms with Crippen molar-refractivity contribution in [1.29, 1.82) is 0 Å². The Hall–Kier alpha value is -1.30. The summed E-state index contributed by atoms with van der Waals surface area (Å²) in [5.74, 6) is -0.171. The van der Waals surface area contributed by atoms with Crippen LogP contribution in [-0.2, 0) is 9.53 Å². The quantitative estimate of drug-likeness (QED) is 0.830. The lowest BCUT2D eigenvalue weighted by Crippen LogP contribution is -2.59. The summed E-state index contributed by atoms with van der Waals surface area (Å²) in [6.45, 7) is 11.2. The van der Waals surface area contributed by atoms with Crippen LogP contribution in [0.4, 0.5) is 4.79 Å². The van der Waals surface area contributed by atoms with E-state index in [0.717, 1.165) is 25.7 Å². The van der Waals surface area contributed by atoms with Crippen LogP contribution in [0.3, 0.4) is 0 Å². The van der Waals surface area contributed by atoms with Gasteiger partial charge in [0.2, 0.25) is 5.91 Å². The molecule has 0 aromatic heterocycles. The maximum Gasteiger partial charge on any atom is 0.410 e. The Morgan fingerprint density at radius 2 is 1.74 bits per heavy atom. The van der Waals surface area contributed by atoms with Gasteiger partial charge in [-0.05, 0) is 54.4 Å². The molecule has 1 fully saturated rings. The number of hydrogen-bond donors (Lipinski definition) is 2. The molecule has 6 heteroatoms. The van der Waals surface area contributed by atoms with Crippen molar-refractivity contribution in [1.82, 2.24) is 10.2 Å². The molecular weight excluding hydrogens is 294 g/mol. The maximum atomic E-state index is 12.6. The minimum absolute atomic E-state index is 0.00246. The van der Waals surface area contributed by atoms with Crippen LogP contribution in [0.2, 0.25) is 0 Å². The molecule has 0 saturated heterocycles. The second-order valence-corrected chi connectivity index (χ2v) is 7.74. The molecule has 0 heterocycles. The van der Waals surface area contributed by atoms with E-state index in [1.165, 1.54) is 0 Å². The summed E-state index contributed by atoms with van der Waals surface area (Å²) in [6, 6.07) is -0.673. The molecule has 3 atom stereocenters. The first-order valence-corrected chi connectivity index (χ1v) is 8.60. The second kappa shape index (κ2) is 7.99. The van der Waals surface area contributed by atoms with Crippen molar-refractivity contribution in [2.24, 2.45) is 5.73 Å². The third-order valence-corrected chi connectivity index (χ3v) is 3.99. The average molecular weight is 327 g/mol. The van der Waals surface area contributed by atoms with Crippen molar-refractivity contribution in [3.8, 4) is 0 Å². The number of carbonyl (C=O) groups is 2. The van der Waals surface area contributed by atoms with Crippen molar-refractivity contribution in [3.63, 3.8) is 0 Å². The van der Waals surface area contributed by atoms with Crippen LogP contribution in [0.5, 0.6) is 0 Å².